The van der Waals surface area contributed by atoms with E-state index in [1.807, 2.05) is 6.92 Å². The third-order valence-corrected chi connectivity index (χ3v) is 3.47. The smallest absolute Gasteiger partial charge is 0.0524 e. The summed E-state index contributed by atoms with van der Waals surface area (Å²) in [4.78, 5) is 0. The number of rotatable bonds is 4. The van der Waals surface area contributed by atoms with Crippen LogP contribution in [-0.4, -0.2) is 35.9 Å². The fourth-order valence-electron chi connectivity index (χ4n) is 2.72. The van der Waals surface area contributed by atoms with Crippen LogP contribution in [0.3, 0.4) is 0 Å². The minimum absolute atomic E-state index is 0.166. The van der Waals surface area contributed by atoms with Gasteiger partial charge in [-0.15, -0.1) is 0 Å². The van der Waals surface area contributed by atoms with Crippen molar-refractivity contribution < 1.29 is 5.11 Å². The van der Waals surface area contributed by atoms with Crippen molar-refractivity contribution in [3.05, 3.63) is 0 Å². The molecule has 3 heteroatoms. The van der Waals surface area contributed by atoms with E-state index in [2.05, 4.69) is 10.6 Å². The van der Waals surface area contributed by atoms with E-state index in [0.29, 0.717) is 6.04 Å². The number of aliphatic hydroxyl groups excluding tert-OH is 1. The first-order valence-corrected chi connectivity index (χ1v) is 5.91. The van der Waals surface area contributed by atoms with Gasteiger partial charge in [-0.1, -0.05) is 0 Å². The van der Waals surface area contributed by atoms with E-state index >= 15 is 0 Å². The van der Waals surface area contributed by atoms with Gasteiger partial charge in [0.25, 0.3) is 0 Å². The third kappa shape index (κ3) is 2.69. The summed E-state index contributed by atoms with van der Waals surface area (Å²) in [7, 11) is 0. The maximum atomic E-state index is 9.15. The molecular weight excluding hydrogens is 176 g/mol. The summed E-state index contributed by atoms with van der Waals surface area (Å²) in [6.07, 6.45) is 5.98. The van der Waals surface area contributed by atoms with Gasteiger partial charge in [-0.25, -0.2) is 0 Å². The first-order valence-electron chi connectivity index (χ1n) is 5.91. The Labute approximate surface area is 86.3 Å². The fraction of sp³-hybridized carbons (Fsp3) is 1.00. The molecule has 4 atom stereocenters. The van der Waals surface area contributed by atoms with Gasteiger partial charge in [-0.3, -0.25) is 0 Å². The van der Waals surface area contributed by atoms with Gasteiger partial charge in [0.05, 0.1) is 6.10 Å². The Morgan fingerprint density at radius 2 is 2.00 bits per heavy atom. The Hall–Kier alpha value is -0.120. The molecule has 2 heterocycles. The minimum atomic E-state index is -0.166. The Morgan fingerprint density at radius 3 is 2.57 bits per heavy atom. The summed E-state index contributed by atoms with van der Waals surface area (Å²) in [5.41, 5.74) is 0. The molecule has 3 nitrogen and oxygen atoms in total. The zero-order chi connectivity index (χ0) is 9.97. The van der Waals surface area contributed by atoms with E-state index in [0.717, 1.165) is 25.0 Å². The average molecular weight is 198 g/mol. The molecule has 0 saturated carbocycles. The molecule has 2 rings (SSSR count). The molecule has 0 aromatic rings. The summed E-state index contributed by atoms with van der Waals surface area (Å²) < 4.78 is 0. The first-order chi connectivity index (χ1) is 6.74. The van der Waals surface area contributed by atoms with Crippen molar-refractivity contribution in [1.29, 1.82) is 0 Å². The van der Waals surface area contributed by atoms with Gasteiger partial charge < -0.3 is 15.7 Å². The number of hydrogen-bond acceptors (Lipinski definition) is 3. The summed E-state index contributed by atoms with van der Waals surface area (Å²) >= 11 is 0. The van der Waals surface area contributed by atoms with E-state index in [4.69, 9.17) is 5.11 Å². The second-order valence-electron chi connectivity index (χ2n) is 4.90. The van der Waals surface area contributed by atoms with E-state index in [-0.39, 0.29) is 6.10 Å². The number of hydrogen-bond donors (Lipinski definition) is 3. The number of piperidine rings is 1. The standard InChI is InChI=1S/C11H22N2O/c1-8(14)4-5-12-11-6-9-2-3-10(7-11)13-9/h8-14H,2-7H2,1H3/t8?,9-,10+,11+. The monoisotopic (exact) mass is 198 g/mol. The lowest BCUT2D eigenvalue weighted by molar-refractivity contribution is 0.180. The maximum absolute atomic E-state index is 9.15. The van der Waals surface area contributed by atoms with Crippen molar-refractivity contribution in [1.82, 2.24) is 10.6 Å². The van der Waals surface area contributed by atoms with Gasteiger partial charge in [0.15, 0.2) is 0 Å². The molecule has 2 fully saturated rings. The van der Waals surface area contributed by atoms with Crippen LogP contribution < -0.4 is 10.6 Å². The van der Waals surface area contributed by atoms with E-state index < -0.39 is 0 Å². The lowest BCUT2D eigenvalue weighted by Gasteiger charge is -2.30. The van der Waals surface area contributed by atoms with Gasteiger partial charge in [-0.2, -0.15) is 0 Å². The van der Waals surface area contributed by atoms with Crippen molar-refractivity contribution in [3.63, 3.8) is 0 Å². The van der Waals surface area contributed by atoms with Crippen LogP contribution in [0.25, 0.3) is 0 Å². The highest BCUT2D eigenvalue weighted by molar-refractivity contribution is 4.94. The zero-order valence-electron chi connectivity index (χ0n) is 9.00. The summed E-state index contributed by atoms with van der Waals surface area (Å²) in [6.45, 7) is 2.82. The number of fused-ring (bicyclic) bond motifs is 2. The Balaban J connectivity index is 1.67. The van der Waals surface area contributed by atoms with Crippen LogP contribution in [0.15, 0.2) is 0 Å². The Morgan fingerprint density at radius 1 is 1.36 bits per heavy atom. The first kappa shape index (κ1) is 10.4. The predicted octanol–water partition coefficient (Wildman–Crippen LogP) is 0.630. The second-order valence-corrected chi connectivity index (χ2v) is 4.90. The van der Waals surface area contributed by atoms with Crippen LogP contribution >= 0.6 is 0 Å². The van der Waals surface area contributed by atoms with Crippen molar-refractivity contribution in [3.8, 4) is 0 Å². The van der Waals surface area contributed by atoms with Crippen LogP contribution in [0.1, 0.15) is 39.0 Å². The predicted molar refractivity (Wildman–Crippen MR) is 57.3 cm³/mol. The topological polar surface area (TPSA) is 44.3 Å². The maximum Gasteiger partial charge on any atom is 0.0524 e. The van der Waals surface area contributed by atoms with Crippen molar-refractivity contribution in [2.45, 2.75) is 63.3 Å². The molecular formula is C11H22N2O. The van der Waals surface area contributed by atoms with Gasteiger partial charge in [0.1, 0.15) is 0 Å². The minimum Gasteiger partial charge on any atom is -0.393 e. The molecule has 2 aliphatic heterocycles. The summed E-state index contributed by atoms with van der Waals surface area (Å²) in [6, 6.07) is 2.21. The summed E-state index contributed by atoms with van der Waals surface area (Å²) in [5.74, 6) is 0. The summed E-state index contributed by atoms with van der Waals surface area (Å²) in [5, 5.41) is 16.3. The molecule has 1 unspecified atom stereocenters. The SMILES string of the molecule is CC(O)CCN[C@H]1C[C@H]2CC[C@@H](C1)N2. The molecule has 0 aromatic heterocycles. The number of nitrogens with one attached hydrogen (secondary N) is 2. The molecule has 14 heavy (non-hydrogen) atoms. The molecule has 82 valence electrons. The van der Waals surface area contributed by atoms with E-state index in [9.17, 15) is 0 Å². The van der Waals surface area contributed by atoms with Crippen LogP contribution in [0.5, 0.6) is 0 Å². The molecule has 0 amide bonds. The highest BCUT2D eigenvalue weighted by Crippen LogP contribution is 2.26. The highest BCUT2D eigenvalue weighted by Gasteiger charge is 2.32. The molecule has 0 radical (unpaired) electrons. The lowest BCUT2D eigenvalue weighted by Crippen LogP contribution is -2.46. The van der Waals surface area contributed by atoms with Gasteiger partial charge in [0, 0.05) is 18.1 Å². The highest BCUT2D eigenvalue weighted by atomic mass is 16.3. The van der Waals surface area contributed by atoms with Gasteiger partial charge in [-0.05, 0) is 45.6 Å². The van der Waals surface area contributed by atoms with Gasteiger partial charge >= 0.3 is 0 Å². The molecule has 2 bridgehead atoms. The quantitative estimate of drug-likeness (QED) is 0.621. The lowest BCUT2D eigenvalue weighted by atomic mass is 10.00. The van der Waals surface area contributed by atoms with E-state index in [1.54, 1.807) is 0 Å². The normalized spacial score (nSPS) is 38.6. The van der Waals surface area contributed by atoms with E-state index in [1.165, 1.54) is 25.7 Å². The van der Waals surface area contributed by atoms with Crippen LogP contribution in [0.2, 0.25) is 0 Å². The van der Waals surface area contributed by atoms with Crippen molar-refractivity contribution in [2.75, 3.05) is 6.54 Å². The Bertz CT molecular complexity index is 172. The van der Waals surface area contributed by atoms with Crippen LogP contribution in [0.4, 0.5) is 0 Å². The molecule has 2 saturated heterocycles. The number of aliphatic hydroxyl groups is 1. The Kier molecular flexibility index (Phi) is 3.42. The molecule has 2 aliphatic rings. The van der Waals surface area contributed by atoms with Crippen molar-refractivity contribution in [2.24, 2.45) is 0 Å². The van der Waals surface area contributed by atoms with Crippen molar-refractivity contribution >= 4 is 0 Å². The average Bonchev–Trinajstić information content (AvgIpc) is 2.45. The molecule has 3 N–H and O–H groups in total. The fourth-order valence-corrected chi connectivity index (χ4v) is 2.72. The largest absolute Gasteiger partial charge is 0.393 e. The zero-order valence-corrected chi connectivity index (χ0v) is 9.00. The third-order valence-electron chi connectivity index (χ3n) is 3.47. The molecule has 0 aliphatic carbocycles. The van der Waals surface area contributed by atoms with Gasteiger partial charge in [0.2, 0.25) is 0 Å². The molecule has 0 spiro atoms. The second kappa shape index (κ2) is 4.60. The van der Waals surface area contributed by atoms with Crippen LogP contribution in [-0.2, 0) is 0 Å². The van der Waals surface area contributed by atoms with Crippen LogP contribution in [0, 0.1) is 0 Å². The molecule has 0 aromatic carbocycles.